The predicted octanol–water partition coefficient (Wildman–Crippen LogP) is 0.990. The number of carbonyl (C=O) groups is 4. The van der Waals surface area contributed by atoms with Crippen LogP contribution in [0.5, 0.6) is 0 Å². The minimum absolute atomic E-state index is 0.0659. The lowest BCUT2D eigenvalue weighted by Crippen LogP contribution is -2.99. The number of hydrogen-bond acceptors (Lipinski definition) is 8. The quantitative estimate of drug-likeness (QED) is 0.386. The van der Waals surface area contributed by atoms with Crippen LogP contribution in [-0.4, -0.2) is 28.7 Å². The van der Waals surface area contributed by atoms with Gasteiger partial charge in [0, 0.05) is 30.5 Å². The van der Waals surface area contributed by atoms with Gasteiger partial charge in [0.15, 0.2) is 11.5 Å². The number of quaternary nitrogens is 1. The number of esters is 2. The average molecular weight is 385 g/mol. The largest absolute Gasteiger partial charge is 0.595 e. The SMILES string of the molecule is CC(=O)OC(OC(C)=O)c1ccc2c(c1[NH+]([O-])O)C(=O)c1ccccc1C2=O. The topological polar surface area (TPSA) is 134 Å². The van der Waals surface area contributed by atoms with Crippen molar-refractivity contribution in [3.63, 3.8) is 0 Å². The highest BCUT2D eigenvalue weighted by Gasteiger charge is 2.38. The van der Waals surface area contributed by atoms with E-state index in [0.29, 0.717) is 0 Å². The Hall–Kier alpha value is -3.40. The first-order valence-corrected chi connectivity index (χ1v) is 8.15. The fraction of sp³-hybridized carbons (Fsp3) is 0.158. The first-order valence-electron chi connectivity index (χ1n) is 8.15. The van der Waals surface area contributed by atoms with Gasteiger partial charge in [0.05, 0.1) is 11.1 Å². The van der Waals surface area contributed by atoms with Crippen molar-refractivity contribution < 1.29 is 39.1 Å². The first kappa shape index (κ1) is 19.4. The van der Waals surface area contributed by atoms with Gasteiger partial charge in [0.25, 0.3) is 6.29 Å². The van der Waals surface area contributed by atoms with E-state index < -0.39 is 40.7 Å². The lowest BCUT2D eigenvalue weighted by molar-refractivity contribution is -0.991. The zero-order valence-corrected chi connectivity index (χ0v) is 14.8. The van der Waals surface area contributed by atoms with Crippen LogP contribution in [0.25, 0.3) is 0 Å². The van der Waals surface area contributed by atoms with Gasteiger partial charge >= 0.3 is 11.9 Å². The molecule has 1 aliphatic rings. The number of carbonyl (C=O) groups excluding carboxylic acids is 4. The summed E-state index contributed by atoms with van der Waals surface area (Å²) in [6, 6.07) is 8.50. The van der Waals surface area contributed by atoms with E-state index in [9.17, 15) is 29.6 Å². The summed E-state index contributed by atoms with van der Waals surface area (Å²) in [5.74, 6) is -2.81. The molecule has 2 N–H and O–H groups in total. The van der Waals surface area contributed by atoms with Crippen molar-refractivity contribution in [1.82, 2.24) is 0 Å². The van der Waals surface area contributed by atoms with Crippen molar-refractivity contribution in [3.05, 3.63) is 69.4 Å². The molecule has 0 bridgehead atoms. The first-order chi connectivity index (χ1) is 13.2. The normalized spacial score (nSPS) is 13.6. The smallest absolute Gasteiger partial charge is 0.305 e. The predicted molar refractivity (Wildman–Crippen MR) is 91.8 cm³/mol. The Kier molecular flexibility index (Phi) is 5.06. The third-order valence-electron chi connectivity index (χ3n) is 4.14. The van der Waals surface area contributed by atoms with Gasteiger partial charge in [0.2, 0.25) is 5.78 Å². The molecule has 3 rings (SSSR count). The molecule has 0 spiro atoms. The van der Waals surface area contributed by atoms with E-state index >= 15 is 0 Å². The molecule has 1 unspecified atom stereocenters. The van der Waals surface area contributed by atoms with Crippen molar-refractivity contribution in [2.75, 3.05) is 0 Å². The highest BCUT2D eigenvalue weighted by Crippen LogP contribution is 2.36. The Morgan fingerprint density at radius 1 is 0.929 bits per heavy atom. The van der Waals surface area contributed by atoms with Crippen LogP contribution in [0.4, 0.5) is 5.69 Å². The van der Waals surface area contributed by atoms with Gasteiger partial charge in [0.1, 0.15) is 0 Å². The van der Waals surface area contributed by atoms with Crippen LogP contribution in [-0.2, 0) is 19.1 Å². The van der Waals surface area contributed by atoms with Crippen LogP contribution >= 0.6 is 0 Å². The summed E-state index contributed by atoms with van der Waals surface area (Å²) in [5.41, 5.74) is -0.973. The second-order valence-electron chi connectivity index (χ2n) is 6.01. The van der Waals surface area contributed by atoms with Crippen LogP contribution < -0.4 is 5.23 Å². The van der Waals surface area contributed by atoms with E-state index in [1.165, 1.54) is 24.3 Å². The van der Waals surface area contributed by atoms with Crippen molar-refractivity contribution in [3.8, 4) is 0 Å². The summed E-state index contributed by atoms with van der Waals surface area (Å²) in [5, 5.41) is 20.2. The number of ketones is 2. The van der Waals surface area contributed by atoms with Gasteiger partial charge < -0.3 is 14.7 Å². The average Bonchev–Trinajstić information content (AvgIpc) is 2.63. The molecule has 0 aliphatic heterocycles. The number of ether oxygens (including phenoxy) is 2. The van der Waals surface area contributed by atoms with Gasteiger partial charge in [-0.2, -0.15) is 5.23 Å². The summed E-state index contributed by atoms with van der Waals surface area (Å²) in [7, 11) is 0. The summed E-state index contributed by atoms with van der Waals surface area (Å²) < 4.78 is 9.84. The maximum absolute atomic E-state index is 13.0. The molecule has 28 heavy (non-hydrogen) atoms. The number of nitrogens with one attached hydrogen (secondary N) is 1. The standard InChI is InChI=1S/C19H15NO8/c1-9(21)27-19(28-10(2)22)14-8-7-13-15(16(14)20(25)26)18(24)12-6-4-3-5-11(12)17(13)23/h3-8,19-20,25H,1-2H3. The summed E-state index contributed by atoms with van der Waals surface area (Å²) in [6.45, 7) is 2.11. The summed E-state index contributed by atoms with van der Waals surface area (Å²) in [6.07, 6.45) is -1.67. The van der Waals surface area contributed by atoms with E-state index in [1.807, 2.05) is 0 Å². The molecule has 0 heterocycles. The highest BCUT2D eigenvalue weighted by atomic mass is 16.8. The summed E-state index contributed by atoms with van der Waals surface area (Å²) >= 11 is 0. The van der Waals surface area contributed by atoms with E-state index in [2.05, 4.69) is 0 Å². The lowest BCUT2D eigenvalue weighted by Gasteiger charge is -2.26. The fourth-order valence-electron chi connectivity index (χ4n) is 3.08. The zero-order valence-electron chi connectivity index (χ0n) is 14.8. The molecule has 1 atom stereocenters. The van der Waals surface area contributed by atoms with Gasteiger partial charge in [-0.25, -0.2) is 5.21 Å². The molecule has 9 heteroatoms. The summed E-state index contributed by atoms with van der Waals surface area (Å²) in [4.78, 5) is 48.5. The van der Waals surface area contributed by atoms with Crippen LogP contribution in [0.1, 0.15) is 57.5 Å². The van der Waals surface area contributed by atoms with Crippen LogP contribution in [0, 0.1) is 5.21 Å². The van der Waals surface area contributed by atoms with E-state index in [-0.39, 0.29) is 27.8 Å². The molecule has 2 aromatic carbocycles. The molecule has 0 aromatic heterocycles. The Morgan fingerprint density at radius 3 is 1.96 bits per heavy atom. The van der Waals surface area contributed by atoms with Crippen molar-refractivity contribution in [1.29, 1.82) is 0 Å². The maximum Gasteiger partial charge on any atom is 0.305 e. The Bertz CT molecular complexity index is 995. The third-order valence-corrected chi connectivity index (χ3v) is 4.14. The third kappa shape index (κ3) is 3.29. The van der Waals surface area contributed by atoms with Gasteiger partial charge in [-0.15, -0.1) is 0 Å². The number of rotatable bonds is 4. The second kappa shape index (κ2) is 7.31. The molecule has 1 aliphatic carbocycles. The second-order valence-corrected chi connectivity index (χ2v) is 6.01. The molecule has 144 valence electrons. The molecule has 0 radical (unpaired) electrons. The van der Waals surface area contributed by atoms with Crippen LogP contribution in [0.2, 0.25) is 0 Å². The zero-order chi connectivity index (χ0) is 20.6. The van der Waals surface area contributed by atoms with Crippen molar-refractivity contribution in [2.45, 2.75) is 20.1 Å². The Morgan fingerprint density at radius 2 is 1.46 bits per heavy atom. The molecule has 0 saturated heterocycles. The van der Waals surface area contributed by atoms with Crippen molar-refractivity contribution in [2.24, 2.45) is 0 Å². The minimum Gasteiger partial charge on any atom is -0.595 e. The minimum atomic E-state index is -1.67. The number of fused-ring (bicyclic) bond motifs is 2. The molecular formula is C19H15NO8. The fourth-order valence-corrected chi connectivity index (χ4v) is 3.08. The number of benzene rings is 2. The monoisotopic (exact) mass is 385 g/mol. The Labute approximate surface area is 158 Å². The van der Waals surface area contributed by atoms with Crippen molar-refractivity contribution >= 4 is 29.2 Å². The molecule has 2 aromatic rings. The van der Waals surface area contributed by atoms with E-state index in [1.54, 1.807) is 12.1 Å². The highest BCUT2D eigenvalue weighted by molar-refractivity contribution is 6.29. The van der Waals surface area contributed by atoms with Gasteiger partial charge in [-0.3, -0.25) is 19.2 Å². The van der Waals surface area contributed by atoms with E-state index in [4.69, 9.17) is 9.47 Å². The molecular weight excluding hydrogens is 370 g/mol. The molecule has 0 fully saturated rings. The molecule has 0 saturated carbocycles. The van der Waals surface area contributed by atoms with Crippen LogP contribution in [0.3, 0.4) is 0 Å². The van der Waals surface area contributed by atoms with Crippen LogP contribution in [0.15, 0.2) is 36.4 Å². The van der Waals surface area contributed by atoms with Gasteiger partial charge in [-0.1, -0.05) is 24.3 Å². The molecule has 0 amide bonds. The maximum atomic E-state index is 13.0. The Balaban J connectivity index is 2.26. The number of hydrogen-bond donors (Lipinski definition) is 2. The lowest BCUT2D eigenvalue weighted by atomic mass is 9.82. The van der Waals surface area contributed by atoms with E-state index in [0.717, 1.165) is 13.8 Å². The van der Waals surface area contributed by atoms with Gasteiger partial charge in [-0.05, 0) is 12.1 Å². The molecule has 9 nitrogen and oxygen atoms in total.